The average molecular weight is 339 g/mol. The lowest BCUT2D eigenvalue weighted by molar-refractivity contribution is 0.0661. The van der Waals surface area contributed by atoms with Crippen molar-refractivity contribution in [3.05, 3.63) is 59.9 Å². The van der Waals surface area contributed by atoms with E-state index >= 15 is 0 Å². The number of aromatic nitrogens is 1. The summed E-state index contributed by atoms with van der Waals surface area (Å²) in [6.07, 6.45) is 3.86. The number of carbonyl (C=O) groups is 1. The van der Waals surface area contributed by atoms with E-state index in [1.54, 1.807) is 6.20 Å². The molecule has 132 valence electrons. The van der Waals surface area contributed by atoms with Gasteiger partial charge in [-0.2, -0.15) is 0 Å². The molecule has 2 unspecified atom stereocenters. The van der Waals surface area contributed by atoms with Crippen molar-refractivity contribution in [2.75, 3.05) is 13.1 Å². The first-order valence-corrected chi connectivity index (χ1v) is 8.81. The van der Waals surface area contributed by atoms with Crippen LogP contribution in [0.3, 0.4) is 0 Å². The molecule has 3 rings (SSSR count). The third-order valence-corrected chi connectivity index (χ3v) is 4.70. The molecule has 0 saturated carbocycles. The van der Waals surface area contributed by atoms with Crippen molar-refractivity contribution in [2.45, 2.75) is 32.4 Å². The fourth-order valence-electron chi connectivity index (χ4n) is 3.14. The van der Waals surface area contributed by atoms with Crippen LogP contribution in [-0.2, 0) is 6.61 Å². The van der Waals surface area contributed by atoms with Crippen LogP contribution in [0.4, 0.5) is 0 Å². The Kier molecular flexibility index (Phi) is 5.66. The summed E-state index contributed by atoms with van der Waals surface area (Å²) in [4.78, 5) is 18.8. The molecule has 1 aromatic heterocycles. The highest BCUT2D eigenvalue weighted by atomic mass is 16.5. The highest BCUT2D eigenvalue weighted by Gasteiger charge is 2.26. The van der Waals surface area contributed by atoms with E-state index in [-0.39, 0.29) is 11.9 Å². The number of hydrogen-bond acceptors (Lipinski definition) is 4. The molecule has 1 aromatic carbocycles. The summed E-state index contributed by atoms with van der Waals surface area (Å²) in [6, 6.07) is 13.2. The largest absolute Gasteiger partial charge is 0.487 e. The van der Waals surface area contributed by atoms with Crippen molar-refractivity contribution < 1.29 is 9.53 Å². The van der Waals surface area contributed by atoms with E-state index in [0.717, 1.165) is 37.4 Å². The van der Waals surface area contributed by atoms with Gasteiger partial charge in [0.25, 0.3) is 5.91 Å². The van der Waals surface area contributed by atoms with E-state index in [4.69, 9.17) is 10.5 Å². The fourth-order valence-corrected chi connectivity index (χ4v) is 3.14. The summed E-state index contributed by atoms with van der Waals surface area (Å²) >= 11 is 0. The average Bonchev–Trinajstić information content (AvgIpc) is 2.67. The summed E-state index contributed by atoms with van der Waals surface area (Å²) in [5.41, 5.74) is 7.57. The Hall–Kier alpha value is -2.40. The lowest BCUT2D eigenvalue weighted by Gasteiger charge is -2.34. The van der Waals surface area contributed by atoms with Crippen LogP contribution in [0.15, 0.2) is 48.7 Å². The highest BCUT2D eigenvalue weighted by Crippen LogP contribution is 2.21. The predicted octanol–water partition coefficient (Wildman–Crippen LogP) is 2.86. The van der Waals surface area contributed by atoms with Crippen LogP contribution >= 0.6 is 0 Å². The van der Waals surface area contributed by atoms with Crippen LogP contribution in [0.2, 0.25) is 0 Å². The topological polar surface area (TPSA) is 68.5 Å². The molecule has 2 heterocycles. The number of piperidine rings is 1. The van der Waals surface area contributed by atoms with Gasteiger partial charge < -0.3 is 15.4 Å². The number of nitrogens with two attached hydrogens (primary N) is 1. The Bertz CT molecular complexity index is 686. The Morgan fingerprint density at radius 3 is 2.80 bits per heavy atom. The van der Waals surface area contributed by atoms with Crippen LogP contribution in [0.1, 0.15) is 35.8 Å². The van der Waals surface area contributed by atoms with Gasteiger partial charge in [0, 0.05) is 30.9 Å². The first kappa shape index (κ1) is 17.4. The van der Waals surface area contributed by atoms with E-state index in [0.29, 0.717) is 18.1 Å². The predicted molar refractivity (Wildman–Crippen MR) is 97.3 cm³/mol. The Balaban J connectivity index is 1.58. The number of amides is 1. The summed E-state index contributed by atoms with van der Waals surface area (Å²) < 4.78 is 5.72. The van der Waals surface area contributed by atoms with Crippen molar-refractivity contribution in [3.8, 4) is 5.75 Å². The summed E-state index contributed by atoms with van der Waals surface area (Å²) in [7, 11) is 0. The molecule has 25 heavy (non-hydrogen) atoms. The SMILES string of the molecule is CC(N)C1CCCN(C(=O)c2ccc(OCc3ccccn3)cc2)C1. The summed E-state index contributed by atoms with van der Waals surface area (Å²) in [5.74, 6) is 1.19. The van der Waals surface area contributed by atoms with Crippen molar-refractivity contribution in [1.29, 1.82) is 0 Å². The third kappa shape index (κ3) is 4.57. The Labute approximate surface area is 148 Å². The van der Waals surface area contributed by atoms with Crippen molar-refractivity contribution in [3.63, 3.8) is 0 Å². The van der Waals surface area contributed by atoms with Gasteiger partial charge in [-0.3, -0.25) is 9.78 Å². The number of rotatable bonds is 5. The molecule has 2 atom stereocenters. The second kappa shape index (κ2) is 8.12. The first-order chi connectivity index (χ1) is 12.1. The summed E-state index contributed by atoms with van der Waals surface area (Å²) in [5, 5.41) is 0. The van der Waals surface area contributed by atoms with Crippen LogP contribution in [0.5, 0.6) is 5.75 Å². The number of hydrogen-bond donors (Lipinski definition) is 1. The normalized spacial score (nSPS) is 18.6. The molecular formula is C20H25N3O2. The zero-order chi connectivity index (χ0) is 17.6. The maximum Gasteiger partial charge on any atom is 0.253 e. The highest BCUT2D eigenvalue weighted by molar-refractivity contribution is 5.94. The molecule has 0 radical (unpaired) electrons. The van der Waals surface area contributed by atoms with Gasteiger partial charge >= 0.3 is 0 Å². The number of ether oxygens (including phenoxy) is 1. The smallest absolute Gasteiger partial charge is 0.253 e. The van der Waals surface area contributed by atoms with E-state index in [1.165, 1.54) is 0 Å². The number of benzene rings is 1. The van der Waals surface area contributed by atoms with E-state index in [1.807, 2.05) is 54.3 Å². The zero-order valence-electron chi connectivity index (χ0n) is 14.6. The van der Waals surface area contributed by atoms with Gasteiger partial charge in [-0.05, 0) is 62.1 Å². The van der Waals surface area contributed by atoms with Gasteiger partial charge in [0.15, 0.2) is 0 Å². The van der Waals surface area contributed by atoms with Gasteiger partial charge in [0.1, 0.15) is 12.4 Å². The van der Waals surface area contributed by atoms with E-state index in [2.05, 4.69) is 4.98 Å². The van der Waals surface area contributed by atoms with Crippen LogP contribution in [-0.4, -0.2) is 34.9 Å². The molecule has 5 nitrogen and oxygen atoms in total. The number of likely N-dealkylation sites (tertiary alicyclic amines) is 1. The lowest BCUT2D eigenvalue weighted by atomic mass is 9.92. The summed E-state index contributed by atoms with van der Waals surface area (Å²) in [6.45, 7) is 3.98. The van der Waals surface area contributed by atoms with Crippen molar-refractivity contribution >= 4 is 5.91 Å². The zero-order valence-corrected chi connectivity index (χ0v) is 14.6. The monoisotopic (exact) mass is 339 g/mol. The Morgan fingerprint density at radius 1 is 1.32 bits per heavy atom. The first-order valence-electron chi connectivity index (χ1n) is 8.81. The molecule has 2 aromatic rings. The molecule has 1 saturated heterocycles. The van der Waals surface area contributed by atoms with Gasteiger partial charge in [0.05, 0.1) is 5.69 Å². The minimum Gasteiger partial charge on any atom is -0.487 e. The molecular weight excluding hydrogens is 314 g/mol. The van der Waals surface area contributed by atoms with Crippen LogP contribution < -0.4 is 10.5 Å². The third-order valence-electron chi connectivity index (χ3n) is 4.70. The minimum atomic E-state index is 0.0710. The molecule has 1 fully saturated rings. The van der Waals surface area contributed by atoms with E-state index in [9.17, 15) is 4.79 Å². The van der Waals surface area contributed by atoms with Gasteiger partial charge in [-0.1, -0.05) is 6.07 Å². The second-order valence-electron chi connectivity index (χ2n) is 6.65. The van der Waals surface area contributed by atoms with Crippen LogP contribution in [0, 0.1) is 5.92 Å². The standard InChI is InChI=1S/C20H25N3O2/c1-15(21)17-5-4-12-23(13-17)20(24)16-7-9-19(10-8-16)25-14-18-6-2-3-11-22-18/h2-3,6-11,15,17H,4-5,12-14,21H2,1H3. The second-order valence-corrected chi connectivity index (χ2v) is 6.65. The maximum absolute atomic E-state index is 12.7. The number of nitrogens with zero attached hydrogens (tertiary/aromatic N) is 2. The van der Waals surface area contributed by atoms with Gasteiger partial charge in [-0.25, -0.2) is 0 Å². The molecule has 0 spiro atoms. The molecule has 0 aliphatic carbocycles. The van der Waals surface area contributed by atoms with Crippen LogP contribution in [0.25, 0.3) is 0 Å². The van der Waals surface area contributed by atoms with Gasteiger partial charge in [0.2, 0.25) is 0 Å². The molecule has 0 bridgehead atoms. The molecule has 1 aliphatic rings. The molecule has 1 aliphatic heterocycles. The molecule has 1 amide bonds. The number of pyridine rings is 1. The molecule has 5 heteroatoms. The van der Waals surface area contributed by atoms with Gasteiger partial charge in [-0.15, -0.1) is 0 Å². The Morgan fingerprint density at radius 2 is 2.12 bits per heavy atom. The molecule has 2 N–H and O–H groups in total. The van der Waals surface area contributed by atoms with Crippen molar-refractivity contribution in [2.24, 2.45) is 11.7 Å². The quantitative estimate of drug-likeness (QED) is 0.909. The lowest BCUT2D eigenvalue weighted by Crippen LogP contribution is -2.45. The van der Waals surface area contributed by atoms with E-state index < -0.39 is 0 Å². The minimum absolute atomic E-state index is 0.0710. The number of carbonyl (C=O) groups excluding carboxylic acids is 1. The fraction of sp³-hybridized carbons (Fsp3) is 0.400. The van der Waals surface area contributed by atoms with Crippen molar-refractivity contribution in [1.82, 2.24) is 9.88 Å². The maximum atomic E-state index is 12.7.